The summed E-state index contributed by atoms with van der Waals surface area (Å²) in [5, 5.41) is 13.9. The standard InChI is InChI=1S/C24H19ClFN4O6PS/c1-38(35,36)29-14-7-9-18-20(11-14)37(33,34)28-23(27-18)21-22(31)15-4-2-3-5-19(15)30(24(21)32)12-13-6-8-17(26)16(25)10-13/h2-11,29,31H,12H2,1H3,(H2,27,28,33,34). The Bertz CT molecular complexity index is 1890. The second-order valence-electron chi connectivity index (χ2n) is 8.60. The van der Waals surface area contributed by atoms with Crippen molar-refractivity contribution < 1.29 is 27.4 Å². The van der Waals surface area contributed by atoms with Gasteiger partial charge in [-0.3, -0.25) is 14.1 Å². The zero-order valence-electron chi connectivity index (χ0n) is 19.5. The van der Waals surface area contributed by atoms with Crippen LogP contribution in [0.1, 0.15) is 11.1 Å². The molecular formula is C24H19ClFN4O6PS. The summed E-state index contributed by atoms with van der Waals surface area (Å²) in [7, 11) is -8.16. The minimum Gasteiger partial charge on any atom is -0.506 e. The van der Waals surface area contributed by atoms with E-state index in [9.17, 15) is 32.2 Å². The number of aromatic hydroxyl groups is 1. The first-order valence-corrected chi connectivity index (χ1v) is 14.8. The first kappa shape index (κ1) is 25.9. The van der Waals surface area contributed by atoms with Crippen molar-refractivity contribution >= 4 is 62.6 Å². The number of fused-ring (bicyclic) bond motifs is 2. The topological polar surface area (TPSA) is 150 Å². The number of para-hydroxylation sites is 1. The highest BCUT2D eigenvalue weighted by Crippen LogP contribution is 2.47. The van der Waals surface area contributed by atoms with E-state index in [1.165, 1.54) is 41.0 Å². The zero-order valence-corrected chi connectivity index (χ0v) is 22.0. The van der Waals surface area contributed by atoms with Gasteiger partial charge in [0.1, 0.15) is 17.1 Å². The van der Waals surface area contributed by atoms with Crippen molar-refractivity contribution in [2.75, 3.05) is 16.3 Å². The van der Waals surface area contributed by atoms with Crippen molar-refractivity contribution in [1.82, 2.24) is 4.57 Å². The predicted octanol–water partition coefficient (Wildman–Crippen LogP) is 3.60. The first-order chi connectivity index (χ1) is 17.8. The smallest absolute Gasteiger partial charge is 0.346 e. The Morgan fingerprint density at radius 1 is 1.16 bits per heavy atom. The maximum atomic E-state index is 13.7. The van der Waals surface area contributed by atoms with E-state index < -0.39 is 34.7 Å². The van der Waals surface area contributed by atoms with Crippen LogP contribution in [-0.4, -0.2) is 35.1 Å². The normalized spacial score (nSPS) is 17.0. The average molecular weight is 577 g/mol. The molecule has 0 spiro atoms. The van der Waals surface area contributed by atoms with Gasteiger partial charge in [-0.25, -0.2) is 12.8 Å². The zero-order chi connectivity index (χ0) is 27.4. The molecule has 1 atom stereocenters. The third-order valence-electron chi connectivity index (χ3n) is 5.81. The van der Waals surface area contributed by atoms with Crippen molar-refractivity contribution in [2.24, 2.45) is 4.76 Å². The number of nitrogens with one attached hydrogen (secondary N) is 2. The molecule has 2 heterocycles. The van der Waals surface area contributed by atoms with Crippen LogP contribution in [0.5, 0.6) is 5.75 Å². The van der Waals surface area contributed by atoms with E-state index >= 15 is 0 Å². The van der Waals surface area contributed by atoms with E-state index in [0.29, 0.717) is 11.1 Å². The monoisotopic (exact) mass is 576 g/mol. The van der Waals surface area contributed by atoms with Crippen molar-refractivity contribution in [2.45, 2.75) is 6.54 Å². The van der Waals surface area contributed by atoms with Crippen molar-refractivity contribution in [1.29, 1.82) is 0 Å². The van der Waals surface area contributed by atoms with Crippen molar-refractivity contribution in [3.05, 3.63) is 93.0 Å². The molecule has 4 N–H and O–H groups in total. The van der Waals surface area contributed by atoms with Gasteiger partial charge in [0.15, 0.2) is 5.84 Å². The fraction of sp³-hybridized carbons (Fsp3) is 0.0833. The quantitative estimate of drug-likeness (QED) is 0.265. The van der Waals surface area contributed by atoms with Crippen LogP contribution in [0.4, 0.5) is 15.8 Å². The summed E-state index contributed by atoms with van der Waals surface area (Å²) in [6, 6.07) is 14.4. The molecule has 0 radical (unpaired) electrons. The van der Waals surface area contributed by atoms with Crippen molar-refractivity contribution in [3.63, 3.8) is 0 Å². The van der Waals surface area contributed by atoms with Crippen molar-refractivity contribution in [3.8, 4) is 5.75 Å². The number of halogens is 2. The highest BCUT2D eigenvalue weighted by Gasteiger charge is 2.33. The number of hydrogen-bond donors (Lipinski definition) is 4. The first-order valence-electron chi connectivity index (χ1n) is 11.0. The SMILES string of the molecule is CS(=O)(=O)Nc1ccc2c(c1)P(=O)(O)N=C(c1c(O)c3ccccc3n(Cc3ccc(F)c(Cl)c3)c1=O)N2. The Morgan fingerprint density at radius 3 is 2.61 bits per heavy atom. The lowest BCUT2D eigenvalue weighted by molar-refractivity contribution is 0.477. The molecule has 1 aliphatic heterocycles. The fourth-order valence-electron chi connectivity index (χ4n) is 4.19. The fourth-order valence-corrected chi connectivity index (χ4v) is 6.23. The molecule has 1 aromatic heterocycles. The molecule has 0 saturated carbocycles. The molecule has 196 valence electrons. The second-order valence-corrected chi connectivity index (χ2v) is 12.5. The molecule has 38 heavy (non-hydrogen) atoms. The highest BCUT2D eigenvalue weighted by molar-refractivity contribution is 7.92. The number of hydrogen-bond acceptors (Lipinski definition) is 6. The number of amidine groups is 1. The largest absolute Gasteiger partial charge is 0.506 e. The number of benzene rings is 3. The van der Waals surface area contributed by atoms with E-state index in [0.717, 1.165) is 6.26 Å². The van der Waals surface area contributed by atoms with Gasteiger partial charge in [-0.05, 0) is 48.0 Å². The van der Waals surface area contributed by atoms with Crippen LogP contribution in [0.3, 0.4) is 0 Å². The minimum atomic E-state index is -4.51. The van der Waals surface area contributed by atoms with Crippen LogP contribution in [-0.2, 0) is 21.1 Å². The molecular weight excluding hydrogens is 558 g/mol. The van der Waals surface area contributed by atoms with Crippen LogP contribution in [0.15, 0.2) is 70.2 Å². The molecule has 0 saturated heterocycles. The van der Waals surface area contributed by atoms with E-state index in [4.69, 9.17) is 11.6 Å². The second kappa shape index (κ2) is 9.25. The lowest BCUT2D eigenvalue weighted by Crippen LogP contribution is -2.33. The van der Waals surface area contributed by atoms with Gasteiger partial charge in [0, 0.05) is 11.1 Å². The van der Waals surface area contributed by atoms with Gasteiger partial charge >= 0.3 is 7.52 Å². The molecule has 1 aliphatic rings. The number of anilines is 2. The van der Waals surface area contributed by atoms with Gasteiger partial charge in [-0.15, -0.1) is 0 Å². The predicted molar refractivity (Wildman–Crippen MR) is 145 cm³/mol. The lowest BCUT2D eigenvalue weighted by Gasteiger charge is -2.24. The maximum absolute atomic E-state index is 13.7. The number of nitrogens with zero attached hydrogens (tertiary/aromatic N) is 2. The average Bonchev–Trinajstić information content (AvgIpc) is 2.83. The molecule has 10 nitrogen and oxygen atoms in total. The van der Waals surface area contributed by atoms with Gasteiger partial charge in [-0.1, -0.05) is 29.8 Å². The van der Waals surface area contributed by atoms with Gasteiger partial charge < -0.3 is 19.9 Å². The van der Waals surface area contributed by atoms with E-state index in [1.54, 1.807) is 24.3 Å². The third-order valence-corrected chi connectivity index (χ3v) is 8.18. The molecule has 4 aromatic rings. The number of aromatic nitrogens is 1. The van der Waals surface area contributed by atoms with Crippen LogP contribution >= 0.6 is 19.1 Å². The summed E-state index contributed by atoms with van der Waals surface area (Å²) in [6.45, 7) is -0.0478. The maximum Gasteiger partial charge on any atom is 0.346 e. The molecule has 1 unspecified atom stereocenters. The Balaban J connectivity index is 1.67. The molecule has 5 rings (SSSR count). The summed E-state index contributed by atoms with van der Waals surface area (Å²) in [5.41, 5.74) is -0.0666. The van der Waals surface area contributed by atoms with E-state index in [1.807, 2.05) is 0 Å². The molecule has 0 bridgehead atoms. The summed E-state index contributed by atoms with van der Waals surface area (Å²) in [6.07, 6.45) is 0.937. The molecule has 3 aromatic carbocycles. The molecule has 0 fully saturated rings. The lowest BCUT2D eigenvalue weighted by atomic mass is 10.1. The van der Waals surface area contributed by atoms with E-state index in [2.05, 4.69) is 14.8 Å². The Hall–Kier alpha value is -3.70. The minimum absolute atomic E-state index is 0.0478. The Kier molecular flexibility index (Phi) is 6.31. The van der Waals surface area contributed by atoms with Crippen LogP contribution < -0.4 is 20.9 Å². The van der Waals surface area contributed by atoms with Gasteiger partial charge in [0.25, 0.3) is 5.56 Å². The van der Waals surface area contributed by atoms with E-state index in [-0.39, 0.29) is 45.0 Å². The number of rotatable bonds is 5. The Morgan fingerprint density at radius 2 is 1.89 bits per heavy atom. The van der Waals surface area contributed by atoms with Gasteiger partial charge in [-0.2, -0.15) is 4.76 Å². The summed E-state index contributed by atoms with van der Waals surface area (Å²) in [4.78, 5) is 24.5. The third kappa shape index (κ3) is 4.79. The summed E-state index contributed by atoms with van der Waals surface area (Å²) in [5.74, 6) is -1.41. The number of pyridine rings is 1. The summed E-state index contributed by atoms with van der Waals surface area (Å²) < 4.78 is 57.4. The summed E-state index contributed by atoms with van der Waals surface area (Å²) >= 11 is 5.91. The van der Waals surface area contributed by atoms with Crippen LogP contribution in [0, 0.1) is 5.82 Å². The number of sulfonamides is 1. The van der Waals surface area contributed by atoms with Crippen LogP contribution in [0.2, 0.25) is 5.02 Å². The van der Waals surface area contributed by atoms with Gasteiger partial charge in [0.05, 0.1) is 34.3 Å². The molecule has 14 heteroatoms. The van der Waals surface area contributed by atoms with Gasteiger partial charge in [0.2, 0.25) is 10.0 Å². The molecule has 0 aliphatic carbocycles. The Labute approximate surface area is 220 Å². The highest BCUT2D eigenvalue weighted by atomic mass is 35.5. The molecule has 0 amide bonds. The van der Waals surface area contributed by atoms with Crippen LogP contribution in [0.25, 0.3) is 10.9 Å².